The Labute approximate surface area is 221 Å². The van der Waals surface area contributed by atoms with Gasteiger partial charge in [-0.2, -0.15) is 4.98 Å². The van der Waals surface area contributed by atoms with Crippen molar-refractivity contribution in [3.8, 4) is 5.75 Å². The Kier molecular flexibility index (Phi) is 11.1. The van der Waals surface area contributed by atoms with E-state index in [1.165, 1.54) is 32.2 Å². The SMILES string of the molecule is CNc1nc(Nc2ccc(C)cc2OC)ncc1Cl.[B]CC1CCC(CN2CCN(C=O)CC2)CC1. The number of nitrogens with one attached hydrogen (secondary N) is 2. The zero-order valence-electron chi connectivity index (χ0n) is 21.7. The van der Waals surface area contributed by atoms with E-state index in [1.807, 2.05) is 30.0 Å². The minimum absolute atomic E-state index is 0.455. The van der Waals surface area contributed by atoms with Crippen molar-refractivity contribution in [1.29, 1.82) is 0 Å². The average Bonchev–Trinajstić information content (AvgIpc) is 2.92. The highest BCUT2D eigenvalue weighted by molar-refractivity contribution is 6.32. The number of hydrogen-bond donors (Lipinski definition) is 2. The number of aryl methyl sites for hydroxylation is 1. The van der Waals surface area contributed by atoms with Gasteiger partial charge in [0.25, 0.3) is 0 Å². The summed E-state index contributed by atoms with van der Waals surface area (Å²) in [5.41, 5.74) is 1.92. The molecular formula is C26H38BClN6O2. The normalized spacial score (nSPS) is 20.2. The number of amides is 1. The summed E-state index contributed by atoms with van der Waals surface area (Å²) < 4.78 is 5.32. The zero-order valence-corrected chi connectivity index (χ0v) is 22.4. The van der Waals surface area contributed by atoms with Crippen molar-refractivity contribution in [3.05, 3.63) is 35.0 Å². The predicted molar refractivity (Wildman–Crippen MR) is 148 cm³/mol. The van der Waals surface area contributed by atoms with Gasteiger partial charge in [-0.3, -0.25) is 9.69 Å². The lowest BCUT2D eigenvalue weighted by Gasteiger charge is -2.36. The van der Waals surface area contributed by atoms with Gasteiger partial charge in [0, 0.05) is 39.8 Å². The number of rotatable bonds is 8. The summed E-state index contributed by atoms with van der Waals surface area (Å²) in [6, 6.07) is 5.85. The highest BCUT2D eigenvalue weighted by Gasteiger charge is 2.23. The van der Waals surface area contributed by atoms with Gasteiger partial charge < -0.3 is 20.3 Å². The summed E-state index contributed by atoms with van der Waals surface area (Å²) in [5, 5.41) is 6.49. The number of aromatic nitrogens is 2. The number of nitrogens with zero attached hydrogens (tertiary/aromatic N) is 4. The number of halogens is 1. The van der Waals surface area contributed by atoms with Gasteiger partial charge in [0.05, 0.1) is 26.8 Å². The van der Waals surface area contributed by atoms with Crippen molar-refractivity contribution in [2.75, 3.05) is 57.5 Å². The van der Waals surface area contributed by atoms with E-state index in [0.717, 1.165) is 67.7 Å². The maximum Gasteiger partial charge on any atom is 0.229 e. The van der Waals surface area contributed by atoms with E-state index >= 15 is 0 Å². The summed E-state index contributed by atoms with van der Waals surface area (Å²) in [6.45, 7) is 7.14. The lowest BCUT2D eigenvalue weighted by atomic mass is 9.76. The molecule has 2 aliphatic rings. The average molecular weight is 513 g/mol. The summed E-state index contributed by atoms with van der Waals surface area (Å²) in [7, 11) is 9.10. The summed E-state index contributed by atoms with van der Waals surface area (Å²) >= 11 is 5.94. The number of piperazine rings is 1. The van der Waals surface area contributed by atoms with Gasteiger partial charge >= 0.3 is 0 Å². The van der Waals surface area contributed by atoms with Crippen LogP contribution >= 0.6 is 11.6 Å². The maximum atomic E-state index is 10.6. The molecule has 0 spiro atoms. The Balaban J connectivity index is 0.000000202. The van der Waals surface area contributed by atoms with Crippen molar-refractivity contribution < 1.29 is 9.53 Å². The van der Waals surface area contributed by atoms with Crippen LogP contribution in [0.4, 0.5) is 17.5 Å². The molecule has 0 atom stereocenters. The summed E-state index contributed by atoms with van der Waals surface area (Å²) in [6.07, 6.45) is 8.70. The molecule has 10 heteroatoms. The Morgan fingerprint density at radius 2 is 1.86 bits per heavy atom. The smallest absolute Gasteiger partial charge is 0.229 e. The molecule has 4 rings (SSSR count). The van der Waals surface area contributed by atoms with Crippen LogP contribution in [0.1, 0.15) is 31.2 Å². The number of methoxy groups -OCH3 is 1. The van der Waals surface area contributed by atoms with Gasteiger partial charge in [-0.05, 0) is 49.3 Å². The van der Waals surface area contributed by atoms with Crippen molar-refractivity contribution in [3.63, 3.8) is 0 Å². The van der Waals surface area contributed by atoms with Crippen molar-refractivity contribution in [1.82, 2.24) is 19.8 Å². The highest BCUT2D eigenvalue weighted by Crippen LogP contribution is 2.31. The predicted octanol–water partition coefficient (Wildman–Crippen LogP) is 4.39. The third kappa shape index (κ3) is 8.27. The fourth-order valence-corrected chi connectivity index (χ4v) is 4.88. The Morgan fingerprint density at radius 1 is 1.17 bits per heavy atom. The molecule has 1 aliphatic carbocycles. The second-order valence-corrected chi connectivity index (χ2v) is 9.94. The van der Waals surface area contributed by atoms with Crippen molar-refractivity contribution in [2.45, 2.75) is 38.9 Å². The Bertz CT molecular complexity index is 965. The molecule has 2 N–H and O–H groups in total. The van der Waals surface area contributed by atoms with E-state index in [9.17, 15) is 4.79 Å². The molecule has 8 nitrogen and oxygen atoms in total. The lowest BCUT2D eigenvalue weighted by molar-refractivity contribution is -0.119. The van der Waals surface area contributed by atoms with Crippen LogP contribution < -0.4 is 15.4 Å². The van der Waals surface area contributed by atoms with Crippen LogP contribution in [0.15, 0.2) is 24.4 Å². The van der Waals surface area contributed by atoms with Crippen LogP contribution in [0.3, 0.4) is 0 Å². The van der Waals surface area contributed by atoms with Gasteiger partial charge in [-0.15, -0.1) is 0 Å². The number of benzene rings is 1. The van der Waals surface area contributed by atoms with Crippen LogP contribution in [0.2, 0.25) is 11.3 Å². The van der Waals surface area contributed by atoms with E-state index < -0.39 is 0 Å². The van der Waals surface area contributed by atoms with Crippen LogP contribution in [-0.4, -0.2) is 80.9 Å². The number of ether oxygens (including phenoxy) is 1. The standard InChI is InChI=1S/C13H23BN2O.C13H15ClN4O/c14-9-12-1-3-13(4-2-12)10-15-5-7-16(11-17)8-6-15;1-8-4-5-10(11(6-8)19-3)17-13-16-7-9(14)12(15-2)18-13/h11-13H,1-10H2;4-7H,1-3H3,(H2,15,16,17,18). The molecule has 1 aliphatic heterocycles. The number of anilines is 3. The molecule has 194 valence electrons. The molecule has 0 unspecified atom stereocenters. The third-order valence-electron chi connectivity index (χ3n) is 6.96. The van der Waals surface area contributed by atoms with Gasteiger partial charge in [0.1, 0.15) is 16.6 Å². The van der Waals surface area contributed by atoms with E-state index in [2.05, 4.69) is 25.5 Å². The number of carbonyl (C=O) groups excluding carboxylic acids is 1. The lowest BCUT2D eigenvalue weighted by Crippen LogP contribution is -2.47. The Morgan fingerprint density at radius 3 is 2.47 bits per heavy atom. The van der Waals surface area contributed by atoms with E-state index in [1.54, 1.807) is 20.4 Å². The minimum Gasteiger partial charge on any atom is -0.495 e. The van der Waals surface area contributed by atoms with Gasteiger partial charge in [0.15, 0.2) is 0 Å². The second-order valence-electron chi connectivity index (χ2n) is 9.53. The number of hydrogen-bond acceptors (Lipinski definition) is 7. The molecule has 0 bridgehead atoms. The first-order valence-corrected chi connectivity index (χ1v) is 13.1. The van der Waals surface area contributed by atoms with Gasteiger partial charge in [0.2, 0.25) is 12.4 Å². The van der Waals surface area contributed by atoms with Crippen LogP contribution in [-0.2, 0) is 4.79 Å². The maximum absolute atomic E-state index is 10.6. The van der Waals surface area contributed by atoms with Crippen LogP contribution in [0.25, 0.3) is 0 Å². The molecule has 1 aromatic heterocycles. The first-order valence-electron chi connectivity index (χ1n) is 12.7. The second kappa shape index (κ2) is 14.3. The molecule has 1 saturated carbocycles. The molecule has 1 amide bonds. The molecule has 2 radical (unpaired) electrons. The number of carbonyl (C=O) groups is 1. The third-order valence-corrected chi connectivity index (χ3v) is 7.23. The first-order chi connectivity index (χ1) is 17.4. The molecule has 2 heterocycles. The van der Waals surface area contributed by atoms with E-state index in [4.69, 9.17) is 24.2 Å². The monoisotopic (exact) mass is 512 g/mol. The summed E-state index contributed by atoms with van der Waals surface area (Å²) in [4.78, 5) is 23.4. The highest BCUT2D eigenvalue weighted by atomic mass is 35.5. The fourth-order valence-electron chi connectivity index (χ4n) is 4.69. The molecule has 2 aromatic rings. The van der Waals surface area contributed by atoms with Gasteiger partial charge in [-0.25, -0.2) is 4.98 Å². The summed E-state index contributed by atoms with van der Waals surface area (Å²) in [5.74, 6) is 3.41. The van der Waals surface area contributed by atoms with E-state index in [0.29, 0.717) is 16.8 Å². The van der Waals surface area contributed by atoms with Crippen molar-refractivity contribution in [2.24, 2.45) is 11.8 Å². The quantitative estimate of drug-likeness (QED) is 0.401. The molecule has 2 fully saturated rings. The molecule has 1 aromatic carbocycles. The minimum atomic E-state index is 0.455. The molecule has 1 saturated heterocycles. The van der Waals surface area contributed by atoms with Crippen molar-refractivity contribution >= 4 is 43.3 Å². The topological polar surface area (TPSA) is 82.6 Å². The molecular weight excluding hydrogens is 475 g/mol. The first kappa shape index (κ1) is 28.1. The van der Waals surface area contributed by atoms with E-state index in [-0.39, 0.29) is 0 Å². The largest absolute Gasteiger partial charge is 0.495 e. The molecule has 36 heavy (non-hydrogen) atoms. The zero-order chi connectivity index (χ0) is 25.9. The Hall–Kier alpha value is -2.52. The van der Waals surface area contributed by atoms with Gasteiger partial charge in [-0.1, -0.05) is 36.8 Å². The fraction of sp³-hybridized carbons (Fsp3) is 0.577. The van der Waals surface area contributed by atoms with Crippen LogP contribution in [0.5, 0.6) is 5.75 Å². The van der Waals surface area contributed by atoms with Crippen LogP contribution in [0, 0.1) is 18.8 Å².